The van der Waals surface area contributed by atoms with Crippen molar-refractivity contribution in [3.05, 3.63) is 63.1 Å². The summed E-state index contributed by atoms with van der Waals surface area (Å²) in [4.78, 5) is 28.3. The molecule has 0 aromatic heterocycles. The average Bonchev–Trinajstić information content (AvgIpc) is 2.84. The van der Waals surface area contributed by atoms with Gasteiger partial charge in [-0.2, -0.15) is 0 Å². The highest BCUT2D eigenvalue weighted by atomic mass is 79.9. The summed E-state index contributed by atoms with van der Waals surface area (Å²) in [6.07, 6.45) is 6.92. The fourth-order valence-corrected chi connectivity index (χ4v) is 5.02. The average molecular weight is 550 g/mol. The lowest BCUT2D eigenvalue weighted by molar-refractivity contribution is -0.143. The van der Waals surface area contributed by atoms with Gasteiger partial charge in [-0.1, -0.05) is 62.9 Å². The summed E-state index contributed by atoms with van der Waals surface area (Å²) in [5.41, 5.74) is 2.09. The maximum absolute atomic E-state index is 13.4. The number of carbonyl (C=O) groups is 2. The van der Waals surface area contributed by atoms with Gasteiger partial charge in [0.2, 0.25) is 5.91 Å². The van der Waals surface area contributed by atoms with Crippen LogP contribution < -0.4 is 10.1 Å². The largest absolute Gasteiger partial charge is 0.483 e. The van der Waals surface area contributed by atoms with Crippen LogP contribution in [0.2, 0.25) is 5.02 Å². The van der Waals surface area contributed by atoms with E-state index in [0.29, 0.717) is 23.7 Å². The molecule has 7 heteroatoms. The predicted molar refractivity (Wildman–Crippen MR) is 140 cm³/mol. The molecule has 1 fully saturated rings. The van der Waals surface area contributed by atoms with Gasteiger partial charge in [0.15, 0.2) is 6.61 Å². The number of amides is 2. The zero-order valence-electron chi connectivity index (χ0n) is 20.0. The van der Waals surface area contributed by atoms with E-state index in [2.05, 4.69) is 28.2 Å². The first kappa shape index (κ1) is 26.6. The van der Waals surface area contributed by atoms with E-state index in [4.69, 9.17) is 16.3 Å². The monoisotopic (exact) mass is 548 g/mol. The van der Waals surface area contributed by atoms with Crippen molar-refractivity contribution in [1.29, 1.82) is 0 Å². The van der Waals surface area contributed by atoms with E-state index in [1.165, 1.54) is 12.0 Å². The number of hydrogen-bond acceptors (Lipinski definition) is 3. The van der Waals surface area contributed by atoms with Crippen molar-refractivity contribution >= 4 is 39.3 Å². The highest BCUT2D eigenvalue weighted by molar-refractivity contribution is 9.10. The molecule has 3 rings (SSSR count). The van der Waals surface area contributed by atoms with Crippen LogP contribution in [0, 0.1) is 0 Å². The van der Waals surface area contributed by atoms with Crippen molar-refractivity contribution in [2.75, 3.05) is 6.61 Å². The Morgan fingerprint density at radius 1 is 1.09 bits per heavy atom. The van der Waals surface area contributed by atoms with Gasteiger partial charge in [0.25, 0.3) is 5.91 Å². The minimum absolute atomic E-state index is 0.0924. The van der Waals surface area contributed by atoms with E-state index in [1.54, 1.807) is 17.0 Å². The van der Waals surface area contributed by atoms with Gasteiger partial charge in [-0.3, -0.25) is 9.59 Å². The molecule has 2 aromatic rings. The Morgan fingerprint density at radius 3 is 2.38 bits per heavy atom. The second kappa shape index (κ2) is 13.1. The minimum atomic E-state index is -0.570. The highest BCUT2D eigenvalue weighted by Crippen LogP contribution is 2.26. The number of rotatable bonds is 10. The van der Waals surface area contributed by atoms with E-state index in [9.17, 15) is 9.59 Å². The third-order valence-corrected chi connectivity index (χ3v) is 7.23. The lowest BCUT2D eigenvalue weighted by atomic mass is 9.95. The zero-order chi connectivity index (χ0) is 24.5. The molecular weight excluding hydrogens is 516 g/mol. The van der Waals surface area contributed by atoms with Gasteiger partial charge >= 0.3 is 0 Å². The lowest BCUT2D eigenvalue weighted by Crippen LogP contribution is -2.52. The summed E-state index contributed by atoms with van der Waals surface area (Å²) >= 11 is 9.57. The van der Waals surface area contributed by atoms with Crippen molar-refractivity contribution in [2.24, 2.45) is 0 Å². The van der Waals surface area contributed by atoms with E-state index >= 15 is 0 Å². The van der Waals surface area contributed by atoms with E-state index in [0.717, 1.165) is 42.1 Å². The van der Waals surface area contributed by atoms with Crippen LogP contribution in [0.3, 0.4) is 0 Å². The van der Waals surface area contributed by atoms with E-state index < -0.39 is 6.04 Å². The summed E-state index contributed by atoms with van der Waals surface area (Å²) in [6, 6.07) is 12.8. The molecule has 1 saturated carbocycles. The third-order valence-electron chi connectivity index (χ3n) is 6.36. The Balaban J connectivity index is 1.75. The van der Waals surface area contributed by atoms with Crippen LogP contribution in [0.15, 0.2) is 46.9 Å². The predicted octanol–water partition coefficient (Wildman–Crippen LogP) is 6.30. The van der Waals surface area contributed by atoms with Gasteiger partial charge in [0.05, 0.1) is 4.47 Å². The van der Waals surface area contributed by atoms with Crippen LogP contribution in [0.1, 0.15) is 63.5 Å². The molecule has 0 bridgehead atoms. The first-order chi connectivity index (χ1) is 16.4. The molecule has 5 nitrogen and oxygen atoms in total. The van der Waals surface area contributed by atoms with Gasteiger partial charge in [0, 0.05) is 17.6 Å². The molecule has 0 saturated heterocycles. The molecule has 184 valence electrons. The standard InChI is InChI=1S/C27H34BrClN2O3/c1-3-19-12-15-25(23(28)16-19)34-18-26(32)31(17-20-10-13-21(29)14-11-20)24(4-2)27(33)30-22-8-6-5-7-9-22/h10-16,22,24H,3-9,17-18H2,1-2H3,(H,30,33). The first-order valence-electron chi connectivity index (χ1n) is 12.2. The molecule has 1 unspecified atom stereocenters. The molecule has 1 N–H and O–H groups in total. The van der Waals surface area contributed by atoms with Crippen LogP contribution in [-0.2, 0) is 22.6 Å². The van der Waals surface area contributed by atoms with Gasteiger partial charge in [-0.15, -0.1) is 0 Å². The molecular formula is C27H34BrClN2O3. The number of nitrogens with zero attached hydrogens (tertiary/aromatic N) is 1. The van der Waals surface area contributed by atoms with Crippen molar-refractivity contribution < 1.29 is 14.3 Å². The molecule has 34 heavy (non-hydrogen) atoms. The fourth-order valence-electron chi connectivity index (χ4n) is 4.35. The second-order valence-electron chi connectivity index (χ2n) is 8.82. The highest BCUT2D eigenvalue weighted by Gasteiger charge is 2.30. The molecule has 0 heterocycles. The van der Waals surface area contributed by atoms with Gasteiger partial charge in [-0.25, -0.2) is 0 Å². The zero-order valence-corrected chi connectivity index (χ0v) is 22.3. The van der Waals surface area contributed by atoms with Crippen molar-refractivity contribution in [3.63, 3.8) is 0 Å². The Hall–Kier alpha value is -2.05. The number of hydrogen-bond donors (Lipinski definition) is 1. The molecule has 2 aromatic carbocycles. The second-order valence-corrected chi connectivity index (χ2v) is 10.1. The summed E-state index contributed by atoms with van der Waals surface area (Å²) in [7, 11) is 0. The Kier molecular flexibility index (Phi) is 10.3. The number of halogens is 2. The smallest absolute Gasteiger partial charge is 0.261 e. The Labute approximate surface area is 216 Å². The van der Waals surface area contributed by atoms with Crippen LogP contribution in [-0.4, -0.2) is 35.4 Å². The van der Waals surface area contributed by atoms with Crippen molar-refractivity contribution in [1.82, 2.24) is 10.2 Å². The van der Waals surface area contributed by atoms with Crippen LogP contribution in [0.5, 0.6) is 5.75 Å². The number of carbonyl (C=O) groups excluding carboxylic acids is 2. The van der Waals surface area contributed by atoms with E-state index in [1.807, 2.05) is 37.3 Å². The Bertz CT molecular complexity index is 961. The summed E-state index contributed by atoms with van der Waals surface area (Å²) in [5, 5.41) is 3.83. The maximum Gasteiger partial charge on any atom is 0.261 e. The number of benzene rings is 2. The molecule has 2 amide bonds. The third kappa shape index (κ3) is 7.47. The number of aryl methyl sites for hydroxylation is 1. The fraction of sp³-hybridized carbons (Fsp3) is 0.481. The number of ether oxygens (including phenoxy) is 1. The summed E-state index contributed by atoms with van der Waals surface area (Å²) in [6.45, 7) is 4.19. The molecule has 1 atom stereocenters. The molecule has 0 radical (unpaired) electrons. The Morgan fingerprint density at radius 2 is 1.76 bits per heavy atom. The summed E-state index contributed by atoms with van der Waals surface area (Å²) in [5.74, 6) is 0.286. The molecule has 1 aliphatic rings. The van der Waals surface area contributed by atoms with Gasteiger partial charge in [0.1, 0.15) is 11.8 Å². The summed E-state index contributed by atoms with van der Waals surface area (Å²) < 4.78 is 6.68. The molecule has 0 spiro atoms. The minimum Gasteiger partial charge on any atom is -0.483 e. The van der Waals surface area contributed by atoms with Crippen LogP contribution in [0.25, 0.3) is 0 Å². The van der Waals surface area contributed by atoms with Gasteiger partial charge in [-0.05, 0) is 77.0 Å². The lowest BCUT2D eigenvalue weighted by Gasteiger charge is -2.32. The first-order valence-corrected chi connectivity index (χ1v) is 13.3. The van der Waals surface area contributed by atoms with Gasteiger partial charge < -0.3 is 15.0 Å². The van der Waals surface area contributed by atoms with E-state index in [-0.39, 0.29) is 24.5 Å². The SMILES string of the molecule is CCc1ccc(OCC(=O)N(Cc2ccc(Cl)cc2)C(CC)C(=O)NC2CCCCC2)c(Br)c1. The normalized spacial score (nSPS) is 14.9. The topological polar surface area (TPSA) is 58.6 Å². The molecule has 1 aliphatic carbocycles. The quantitative estimate of drug-likeness (QED) is 0.378. The number of nitrogens with one attached hydrogen (secondary N) is 1. The van der Waals surface area contributed by atoms with Crippen LogP contribution in [0.4, 0.5) is 0 Å². The van der Waals surface area contributed by atoms with Crippen molar-refractivity contribution in [3.8, 4) is 5.75 Å². The molecule has 0 aliphatic heterocycles. The van der Waals surface area contributed by atoms with Crippen molar-refractivity contribution in [2.45, 2.75) is 77.4 Å². The maximum atomic E-state index is 13.4. The van der Waals surface area contributed by atoms with Crippen LogP contribution >= 0.6 is 27.5 Å².